The Balaban J connectivity index is 1.47. The number of hydrogen-bond donors (Lipinski definition) is 0. The normalized spacial score (nSPS) is 15.1. The number of benzene rings is 2. The van der Waals surface area contributed by atoms with Crippen LogP contribution in [0.4, 0.5) is 9.18 Å². The molecule has 0 bridgehead atoms. The van der Waals surface area contributed by atoms with Gasteiger partial charge in [0.2, 0.25) is 0 Å². The van der Waals surface area contributed by atoms with Gasteiger partial charge in [0.15, 0.2) is 0 Å². The maximum absolute atomic E-state index is 14.0. The van der Waals surface area contributed by atoms with Crippen LogP contribution in [-0.4, -0.2) is 27.2 Å². The summed E-state index contributed by atoms with van der Waals surface area (Å²) in [6.07, 6.45) is 1.74. The Morgan fingerprint density at radius 3 is 2.50 bits per heavy atom. The molecule has 1 saturated heterocycles. The maximum atomic E-state index is 14.0. The van der Waals surface area contributed by atoms with E-state index in [4.69, 9.17) is 4.74 Å². The number of halogens is 1. The minimum atomic E-state index is -0.434. The summed E-state index contributed by atoms with van der Waals surface area (Å²) < 4.78 is 21.9. The molecule has 0 radical (unpaired) electrons. The number of carbonyl (C=O) groups excluding carboxylic acids is 2. The van der Waals surface area contributed by atoms with Crippen molar-refractivity contribution < 1.29 is 18.7 Å². The number of nitrogens with zero attached hydrogens (tertiary/aromatic N) is 2. The Morgan fingerprint density at radius 2 is 1.75 bits per heavy atom. The molecule has 0 atom stereocenters. The van der Waals surface area contributed by atoms with Gasteiger partial charge in [0.25, 0.3) is 11.1 Å². The average Bonchev–Trinajstić information content (AvgIpc) is 3.20. The minimum absolute atomic E-state index is 0.0788. The molecule has 2 aromatic carbocycles. The van der Waals surface area contributed by atoms with Crippen molar-refractivity contribution in [2.24, 2.45) is 0 Å². The lowest BCUT2D eigenvalue weighted by atomic mass is 10.2. The van der Waals surface area contributed by atoms with Crippen LogP contribution in [0.2, 0.25) is 0 Å². The highest BCUT2D eigenvalue weighted by Crippen LogP contribution is 2.34. The second kappa shape index (κ2) is 9.44. The van der Waals surface area contributed by atoms with Gasteiger partial charge in [0.1, 0.15) is 18.2 Å². The van der Waals surface area contributed by atoms with Gasteiger partial charge in [-0.05, 0) is 61.5 Å². The van der Waals surface area contributed by atoms with E-state index in [2.05, 4.69) is 4.57 Å². The number of ether oxygens (including phenoxy) is 1. The SMILES string of the molecule is Cc1cc(/C=C2\SC(=O)N(Cc3ccccc3F)C2=O)c(C)n1CCOc1ccccc1. The molecule has 1 aliphatic rings. The quantitative estimate of drug-likeness (QED) is 0.442. The largest absolute Gasteiger partial charge is 0.492 e. The van der Waals surface area contributed by atoms with Crippen molar-refractivity contribution in [3.63, 3.8) is 0 Å². The second-order valence-corrected chi connectivity index (χ2v) is 8.49. The van der Waals surface area contributed by atoms with Gasteiger partial charge in [-0.1, -0.05) is 36.4 Å². The number of imide groups is 1. The zero-order valence-electron chi connectivity index (χ0n) is 17.9. The van der Waals surface area contributed by atoms with E-state index in [0.29, 0.717) is 23.6 Å². The third-order valence-electron chi connectivity index (χ3n) is 5.39. The summed E-state index contributed by atoms with van der Waals surface area (Å²) in [7, 11) is 0. The zero-order chi connectivity index (χ0) is 22.7. The van der Waals surface area contributed by atoms with Gasteiger partial charge in [0.05, 0.1) is 18.0 Å². The number of aryl methyl sites for hydroxylation is 1. The van der Waals surface area contributed by atoms with Crippen molar-refractivity contribution in [3.8, 4) is 5.75 Å². The van der Waals surface area contributed by atoms with E-state index < -0.39 is 17.0 Å². The fraction of sp³-hybridized carbons (Fsp3) is 0.200. The molecule has 2 amide bonds. The van der Waals surface area contributed by atoms with E-state index in [9.17, 15) is 14.0 Å². The molecule has 0 spiro atoms. The minimum Gasteiger partial charge on any atom is -0.492 e. The third-order valence-corrected chi connectivity index (χ3v) is 6.29. The predicted molar refractivity (Wildman–Crippen MR) is 124 cm³/mol. The van der Waals surface area contributed by atoms with Crippen LogP contribution in [0.25, 0.3) is 6.08 Å². The summed E-state index contributed by atoms with van der Waals surface area (Å²) in [5.41, 5.74) is 3.21. The van der Waals surface area contributed by atoms with Crippen LogP contribution in [0.5, 0.6) is 5.75 Å². The molecule has 164 valence electrons. The van der Waals surface area contributed by atoms with Crippen molar-refractivity contribution in [1.29, 1.82) is 0 Å². The Bertz CT molecular complexity index is 1190. The molecule has 5 nitrogen and oxygen atoms in total. The number of amides is 2. The van der Waals surface area contributed by atoms with E-state index in [1.54, 1.807) is 24.3 Å². The van der Waals surface area contributed by atoms with Crippen molar-refractivity contribution in [2.45, 2.75) is 26.9 Å². The summed E-state index contributed by atoms with van der Waals surface area (Å²) in [6, 6.07) is 17.8. The number of hydrogen-bond acceptors (Lipinski definition) is 4. The van der Waals surface area contributed by atoms with Crippen molar-refractivity contribution in [1.82, 2.24) is 9.47 Å². The molecule has 0 aliphatic carbocycles. The zero-order valence-corrected chi connectivity index (χ0v) is 18.7. The maximum Gasteiger partial charge on any atom is 0.293 e. The molecule has 1 fully saturated rings. The highest BCUT2D eigenvalue weighted by molar-refractivity contribution is 8.18. The molecule has 1 aromatic heterocycles. The van der Waals surface area contributed by atoms with Crippen LogP contribution in [0, 0.1) is 19.7 Å². The number of para-hydroxylation sites is 1. The smallest absolute Gasteiger partial charge is 0.293 e. The van der Waals surface area contributed by atoms with Gasteiger partial charge in [-0.3, -0.25) is 14.5 Å². The monoisotopic (exact) mass is 450 g/mol. The van der Waals surface area contributed by atoms with E-state index in [-0.39, 0.29) is 6.54 Å². The van der Waals surface area contributed by atoms with E-state index in [1.165, 1.54) is 6.07 Å². The Kier molecular flexibility index (Phi) is 6.46. The van der Waals surface area contributed by atoms with Gasteiger partial charge in [0, 0.05) is 17.0 Å². The lowest BCUT2D eigenvalue weighted by Gasteiger charge is -2.12. The first-order valence-electron chi connectivity index (χ1n) is 10.3. The van der Waals surface area contributed by atoms with Crippen LogP contribution in [0.3, 0.4) is 0 Å². The number of thioether (sulfide) groups is 1. The van der Waals surface area contributed by atoms with Crippen molar-refractivity contribution >= 4 is 29.0 Å². The highest BCUT2D eigenvalue weighted by Gasteiger charge is 2.35. The molecule has 32 heavy (non-hydrogen) atoms. The molecular weight excluding hydrogens is 427 g/mol. The molecule has 0 unspecified atom stereocenters. The van der Waals surface area contributed by atoms with Crippen LogP contribution in [-0.2, 0) is 17.9 Å². The molecule has 7 heteroatoms. The van der Waals surface area contributed by atoms with Crippen LogP contribution >= 0.6 is 11.8 Å². The second-order valence-electron chi connectivity index (χ2n) is 7.50. The Hall–Kier alpha value is -3.32. The lowest BCUT2D eigenvalue weighted by Crippen LogP contribution is -2.27. The van der Waals surface area contributed by atoms with Crippen LogP contribution in [0.1, 0.15) is 22.5 Å². The van der Waals surface area contributed by atoms with Gasteiger partial charge < -0.3 is 9.30 Å². The summed E-state index contributed by atoms with van der Waals surface area (Å²) in [6.45, 7) is 5.07. The van der Waals surface area contributed by atoms with E-state index in [1.807, 2.05) is 50.2 Å². The molecule has 0 saturated carbocycles. The van der Waals surface area contributed by atoms with E-state index in [0.717, 1.165) is 39.4 Å². The number of aromatic nitrogens is 1. The Labute approximate surface area is 190 Å². The van der Waals surface area contributed by atoms with Crippen molar-refractivity contribution in [2.75, 3.05) is 6.61 Å². The third kappa shape index (κ3) is 4.62. The van der Waals surface area contributed by atoms with Gasteiger partial charge in [-0.15, -0.1) is 0 Å². The topological polar surface area (TPSA) is 51.5 Å². The number of carbonyl (C=O) groups is 2. The van der Waals surface area contributed by atoms with Crippen LogP contribution < -0.4 is 4.74 Å². The summed E-state index contributed by atoms with van der Waals surface area (Å²) in [5.74, 6) is -0.0176. The highest BCUT2D eigenvalue weighted by atomic mass is 32.2. The fourth-order valence-corrected chi connectivity index (χ4v) is 4.49. The molecular formula is C25H23FN2O3S. The first-order chi connectivity index (χ1) is 15.4. The summed E-state index contributed by atoms with van der Waals surface area (Å²) >= 11 is 0.883. The van der Waals surface area contributed by atoms with Gasteiger partial charge in [-0.2, -0.15) is 0 Å². The predicted octanol–water partition coefficient (Wildman–Crippen LogP) is 5.56. The first-order valence-corrected chi connectivity index (χ1v) is 11.1. The van der Waals surface area contributed by atoms with Gasteiger partial charge >= 0.3 is 0 Å². The molecule has 3 aromatic rings. The molecule has 2 heterocycles. The van der Waals surface area contributed by atoms with Crippen LogP contribution in [0.15, 0.2) is 65.6 Å². The first kappa shape index (κ1) is 21.9. The Morgan fingerprint density at radius 1 is 1.03 bits per heavy atom. The molecule has 4 rings (SSSR count). The lowest BCUT2D eigenvalue weighted by molar-refractivity contribution is -0.123. The van der Waals surface area contributed by atoms with Crippen molar-refractivity contribution in [3.05, 3.63) is 93.9 Å². The van der Waals surface area contributed by atoms with E-state index >= 15 is 0 Å². The summed E-state index contributed by atoms with van der Waals surface area (Å²) in [4.78, 5) is 26.7. The van der Waals surface area contributed by atoms with Gasteiger partial charge in [-0.25, -0.2) is 4.39 Å². The molecule has 0 N–H and O–H groups in total. The standard InChI is InChI=1S/C25H23FN2O3S/c1-17-14-20(18(2)27(17)12-13-31-21-9-4-3-5-10-21)15-23-24(29)28(25(30)32-23)16-19-8-6-7-11-22(19)26/h3-11,14-15H,12-13,16H2,1-2H3/b23-15-. The number of rotatable bonds is 7. The molecule has 1 aliphatic heterocycles. The summed E-state index contributed by atoms with van der Waals surface area (Å²) in [5, 5.41) is -0.394. The average molecular weight is 451 g/mol. The fourth-order valence-electron chi connectivity index (χ4n) is 3.66.